The van der Waals surface area contributed by atoms with E-state index in [4.69, 9.17) is 14.2 Å². The van der Waals surface area contributed by atoms with Gasteiger partial charge in [0.05, 0.1) is 19.1 Å². The average Bonchev–Trinajstić information content (AvgIpc) is 3.39. The number of carbonyl (C=O) groups is 1. The van der Waals surface area contributed by atoms with Crippen LogP contribution in [0.25, 0.3) is 0 Å². The van der Waals surface area contributed by atoms with Gasteiger partial charge in [0.2, 0.25) is 0 Å². The highest BCUT2D eigenvalue weighted by molar-refractivity contribution is 5.76. The Bertz CT molecular complexity index is 780. The Morgan fingerprint density at radius 1 is 1.28 bits per heavy atom. The summed E-state index contributed by atoms with van der Waals surface area (Å²) in [5.74, 6) is 1.55. The molecule has 1 N–H and O–H groups in total. The average molecular weight is 400 g/mol. The first kappa shape index (κ1) is 19.4. The van der Waals surface area contributed by atoms with Crippen molar-refractivity contribution in [1.29, 1.82) is 0 Å². The van der Waals surface area contributed by atoms with Crippen LogP contribution in [0, 0.1) is 23.2 Å². The molecule has 158 valence electrons. The number of rotatable bonds is 6. The molecule has 2 saturated carbocycles. The molecule has 0 bridgehead atoms. The third-order valence-electron chi connectivity index (χ3n) is 8.31. The second-order valence-corrected chi connectivity index (χ2v) is 9.85. The van der Waals surface area contributed by atoms with Gasteiger partial charge in [0, 0.05) is 17.9 Å². The van der Waals surface area contributed by atoms with Gasteiger partial charge in [-0.1, -0.05) is 32.4 Å². The molecule has 5 rings (SSSR count). The molecular formula is C24H33NO4. The molecule has 2 heterocycles. The van der Waals surface area contributed by atoms with Crippen molar-refractivity contribution in [2.24, 2.45) is 23.2 Å². The molecule has 4 aliphatic rings. The topological polar surface area (TPSA) is 60.1 Å². The third-order valence-corrected chi connectivity index (χ3v) is 8.31. The van der Waals surface area contributed by atoms with E-state index in [0.717, 1.165) is 25.1 Å². The van der Waals surface area contributed by atoms with E-state index >= 15 is 0 Å². The maximum Gasteiger partial charge on any atom is 0.311 e. The summed E-state index contributed by atoms with van der Waals surface area (Å²) < 4.78 is 17.6. The lowest BCUT2D eigenvalue weighted by Crippen LogP contribution is -2.54. The van der Waals surface area contributed by atoms with Gasteiger partial charge in [0.25, 0.3) is 0 Å². The number of fused-ring (bicyclic) bond motifs is 2. The fraction of sp³-hybridized carbons (Fsp3) is 0.708. The van der Waals surface area contributed by atoms with Gasteiger partial charge in [-0.2, -0.15) is 0 Å². The zero-order valence-electron chi connectivity index (χ0n) is 17.8. The van der Waals surface area contributed by atoms with Gasteiger partial charge < -0.3 is 19.5 Å². The maximum absolute atomic E-state index is 12.7. The van der Waals surface area contributed by atoms with E-state index in [-0.39, 0.29) is 41.0 Å². The molecule has 5 nitrogen and oxygen atoms in total. The number of hydrogen-bond donors (Lipinski definition) is 1. The summed E-state index contributed by atoms with van der Waals surface area (Å²) >= 11 is 0. The second-order valence-electron chi connectivity index (χ2n) is 9.85. The van der Waals surface area contributed by atoms with Crippen LogP contribution in [0.15, 0.2) is 24.3 Å². The van der Waals surface area contributed by atoms with E-state index in [1.165, 1.54) is 24.8 Å². The quantitative estimate of drug-likeness (QED) is 0.452. The largest absolute Gasteiger partial charge is 0.497 e. The number of ether oxygens (including phenoxy) is 3. The van der Waals surface area contributed by atoms with Gasteiger partial charge >= 0.3 is 5.97 Å². The highest BCUT2D eigenvalue weighted by Crippen LogP contribution is 2.70. The number of carbonyl (C=O) groups excluding carboxylic acids is 1. The predicted octanol–water partition coefficient (Wildman–Crippen LogP) is 3.35. The normalized spacial score (nSPS) is 42.4. The summed E-state index contributed by atoms with van der Waals surface area (Å²) in [5.41, 5.74) is 1.41. The molecule has 5 heteroatoms. The zero-order valence-corrected chi connectivity index (χ0v) is 17.8. The van der Waals surface area contributed by atoms with Crippen molar-refractivity contribution in [1.82, 2.24) is 5.32 Å². The highest BCUT2D eigenvalue weighted by Gasteiger charge is 2.78. The Morgan fingerprint density at radius 3 is 2.83 bits per heavy atom. The number of methoxy groups -OCH3 is 1. The first-order valence-corrected chi connectivity index (χ1v) is 11.2. The molecule has 4 fully saturated rings. The molecule has 2 aliphatic heterocycles. The third kappa shape index (κ3) is 2.92. The second kappa shape index (κ2) is 6.98. The minimum absolute atomic E-state index is 0.0122. The number of epoxide rings is 1. The molecule has 0 aromatic heterocycles. The van der Waals surface area contributed by atoms with Crippen LogP contribution in [0.4, 0.5) is 0 Å². The molecule has 1 spiro atoms. The number of esters is 1. The lowest BCUT2D eigenvalue weighted by Gasteiger charge is -2.48. The summed E-state index contributed by atoms with van der Waals surface area (Å²) in [6, 6.07) is 8.16. The van der Waals surface area contributed by atoms with Gasteiger partial charge in [0.15, 0.2) is 0 Å². The molecule has 1 aromatic rings. The predicted molar refractivity (Wildman–Crippen MR) is 110 cm³/mol. The maximum atomic E-state index is 12.7. The Hall–Kier alpha value is -1.59. The van der Waals surface area contributed by atoms with Crippen LogP contribution in [-0.2, 0) is 20.7 Å². The summed E-state index contributed by atoms with van der Waals surface area (Å²) in [6.45, 7) is 6.24. The van der Waals surface area contributed by atoms with Crippen molar-refractivity contribution in [3.63, 3.8) is 0 Å². The Balaban J connectivity index is 1.21. The molecular weight excluding hydrogens is 366 g/mol. The van der Waals surface area contributed by atoms with E-state index < -0.39 is 0 Å². The summed E-state index contributed by atoms with van der Waals surface area (Å²) in [5, 5.41) is 3.51. The smallest absolute Gasteiger partial charge is 0.311 e. The van der Waals surface area contributed by atoms with Crippen molar-refractivity contribution in [3.05, 3.63) is 29.8 Å². The molecule has 2 aliphatic carbocycles. The SMILES string of the molecule is COc1ccc(CCNC[C@@H]2C(=O)O[C@@H]3C[C@@]4(C)CCC[C@H](C)[C@@]45O[C@@H]5[C@H]23)cc1. The van der Waals surface area contributed by atoms with Crippen LogP contribution in [0.5, 0.6) is 5.75 Å². The van der Waals surface area contributed by atoms with Gasteiger partial charge in [0.1, 0.15) is 17.5 Å². The minimum Gasteiger partial charge on any atom is -0.497 e. The molecule has 1 aromatic carbocycles. The standard InChI is InChI=1S/C24H33NO4/c1-15-5-4-11-23(2)13-19-20(21-24(15,23)29-21)18(22(26)28-19)14-25-12-10-16-6-8-17(27-3)9-7-16/h6-9,15,18-21,25H,4-5,10-14H2,1-3H3/t15-,18-,19+,20+,21+,23+,24-/m0/s1. The van der Waals surface area contributed by atoms with Gasteiger partial charge in [-0.25, -0.2) is 0 Å². The molecule has 0 unspecified atom stereocenters. The molecule has 7 atom stereocenters. The van der Waals surface area contributed by atoms with E-state index in [0.29, 0.717) is 12.5 Å². The zero-order chi connectivity index (χ0) is 20.2. The van der Waals surface area contributed by atoms with Crippen molar-refractivity contribution in [2.75, 3.05) is 20.2 Å². The van der Waals surface area contributed by atoms with Crippen molar-refractivity contribution in [2.45, 2.75) is 63.8 Å². The van der Waals surface area contributed by atoms with E-state index in [1.807, 2.05) is 12.1 Å². The summed E-state index contributed by atoms with van der Waals surface area (Å²) in [4.78, 5) is 12.7. The Morgan fingerprint density at radius 2 is 2.07 bits per heavy atom. The van der Waals surface area contributed by atoms with Crippen LogP contribution >= 0.6 is 0 Å². The molecule has 2 saturated heterocycles. The van der Waals surface area contributed by atoms with Crippen molar-refractivity contribution in [3.8, 4) is 5.75 Å². The lowest BCUT2D eigenvalue weighted by atomic mass is 9.53. The van der Waals surface area contributed by atoms with E-state index in [2.05, 4.69) is 31.3 Å². The fourth-order valence-corrected chi connectivity index (χ4v) is 6.75. The Kier molecular flexibility index (Phi) is 4.67. The van der Waals surface area contributed by atoms with Gasteiger partial charge in [-0.3, -0.25) is 4.79 Å². The first-order chi connectivity index (χ1) is 14.0. The number of hydrogen-bond acceptors (Lipinski definition) is 5. The van der Waals surface area contributed by atoms with Crippen LogP contribution in [-0.4, -0.2) is 44.0 Å². The summed E-state index contributed by atoms with van der Waals surface area (Å²) in [6.07, 6.45) is 5.82. The monoisotopic (exact) mass is 399 g/mol. The van der Waals surface area contributed by atoms with Gasteiger partial charge in [-0.15, -0.1) is 0 Å². The fourth-order valence-electron chi connectivity index (χ4n) is 6.75. The van der Waals surface area contributed by atoms with Crippen molar-refractivity contribution < 1.29 is 19.0 Å². The molecule has 0 amide bonds. The van der Waals surface area contributed by atoms with E-state index in [9.17, 15) is 4.79 Å². The van der Waals surface area contributed by atoms with Crippen LogP contribution in [0.3, 0.4) is 0 Å². The van der Waals surface area contributed by atoms with E-state index in [1.54, 1.807) is 7.11 Å². The first-order valence-electron chi connectivity index (χ1n) is 11.2. The Labute approximate surface area is 173 Å². The number of benzene rings is 1. The minimum atomic E-state index is -0.0843. The lowest BCUT2D eigenvalue weighted by molar-refractivity contribution is -0.146. The highest BCUT2D eigenvalue weighted by atomic mass is 16.6. The van der Waals surface area contributed by atoms with Crippen LogP contribution in [0.2, 0.25) is 0 Å². The molecule has 29 heavy (non-hydrogen) atoms. The number of nitrogens with one attached hydrogen (secondary N) is 1. The van der Waals surface area contributed by atoms with Gasteiger partial charge in [-0.05, 0) is 55.8 Å². The van der Waals surface area contributed by atoms with Crippen molar-refractivity contribution >= 4 is 5.97 Å². The summed E-state index contributed by atoms with van der Waals surface area (Å²) in [7, 11) is 1.68. The molecule has 0 radical (unpaired) electrons. The van der Waals surface area contributed by atoms with Crippen LogP contribution < -0.4 is 10.1 Å². The van der Waals surface area contributed by atoms with Crippen LogP contribution in [0.1, 0.15) is 45.1 Å².